The smallest absolute Gasteiger partial charge is 0.273 e. The van der Waals surface area contributed by atoms with Crippen molar-refractivity contribution in [1.29, 1.82) is 0 Å². The van der Waals surface area contributed by atoms with E-state index >= 15 is 0 Å². The molecule has 130 valence electrons. The second-order valence-electron chi connectivity index (χ2n) is 6.31. The van der Waals surface area contributed by atoms with E-state index in [0.29, 0.717) is 25.5 Å². The van der Waals surface area contributed by atoms with E-state index in [1.165, 1.54) is 6.33 Å². The van der Waals surface area contributed by atoms with E-state index in [1.807, 2.05) is 17.0 Å². The lowest BCUT2D eigenvalue weighted by Gasteiger charge is -2.32. The molecule has 2 saturated heterocycles. The first kappa shape index (κ1) is 16.1. The third-order valence-corrected chi connectivity index (χ3v) is 4.73. The molecule has 3 atom stereocenters. The van der Waals surface area contributed by atoms with E-state index in [-0.39, 0.29) is 24.2 Å². The lowest BCUT2D eigenvalue weighted by atomic mass is 10.0. The number of carbonyl (C=O) groups excluding carboxylic acids is 1. The Morgan fingerprint density at radius 2 is 2.28 bits per heavy atom. The van der Waals surface area contributed by atoms with Crippen molar-refractivity contribution in [3.63, 3.8) is 0 Å². The zero-order valence-corrected chi connectivity index (χ0v) is 13.8. The van der Waals surface area contributed by atoms with E-state index in [4.69, 9.17) is 9.47 Å². The van der Waals surface area contributed by atoms with E-state index in [9.17, 15) is 4.79 Å². The van der Waals surface area contributed by atoms with Gasteiger partial charge >= 0.3 is 0 Å². The van der Waals surface area contributed by atoms with Crippen molar-refractivity contribution < 1.29 is 14.3 Å². The highest BCUT2D eigenvalue weighted by molar-refractivity contribution is 5.92. The number of amides is 1. The molecule has 0 saturated carbocycles. The monoisotopic (exact) mass is 340 g/mol. The summed E-state index contributed by atoms with van der Waals surface area (Å²) in [7, 11) is 0. The van der Waals surface area contributed by atoms with Crippen molar-refractivity contribution in [2.24, 2.45) is 0 Å². The first-order valence-corrected chi connectivity index (χ1v) is 8.52. The minimum Gasteiger partial charge on any atom is -0.373 e. The van der Waals surface area contributed by atoms with E-state index in [2.05, 4.69) is 15.0 Å². The third-order valence-electron chi connectivity index (χ3n) is 4.73. The van der Waals surface area contributed by atoms with Gasteiger partial charge in [-0.3, -0.25) is 9.78 Å². The van der Waals surface area contributed by atoms with Crippen LogP contribution < -0.4 is 0 Å². The second-order valence-corrected chi connectivity index (χ2v) is 6.31. The Bertz CT molecular complexity index is 713. The standard InChI is InChI=1S/C18H20N4O3/c23-18(14-5-7-20-12-21-14)22-10-16(17-15(22)4-2-8-24-17)25-11-13-3-1-6-19-9-13/h1,3,5-7,9,12,15-17H,2,4,8,10-11H2/t15-,16-,17+/m1/s1. The molecular weight excluding hydrogens is 320 g/mol. The van der Waals surface area contributed by atoms with Crippen LogP contribution in [0.3, 0.4) is 0 Å². The van der Waals surface area contributed by atoms with Gasteiger partial charge in [-0.2, -0.15) is 0 Å². The van der Waals surface area contributed by atoms with Gasteiger partial charge in [-0.15, -0.1) is 0 Å². The fraction of sp³-hybridized carbons (Fsp3) is 0.444. The number of ether oxygens (including phenoxy) is 2. The molecule has 2 aliphatic rings. The quantitative estimate of drug-likeness (QED) is 0.839. The summed E-state index contributed by atoms with van der Waals surface area (Å²) in [5.74, 6) is -0.0876. The minimum absolute atomic E-state index is 0.0371. The van der Waals surface area contributed by atoms with Crippen LogP contribution in [0.4, 0.5) is 0 Å². The summed E-state index contributed by atoms with van der Waals surface area (Å²) in [6.07, 6.45) is 8.15. The molecule has 0 N–H and O–H groups in total. The summed E-state index contributed by atoms with van der Waals surface area (Å²) in [5, 5.41) is 0. The van der Waals surface area contributed by atoms with Crippen LogP contribution in [0.2, 0.25) is 0 Å². The van der Waals surface area contributed by atoms with Crippen molar-refractivity contribution in [3.05, 3.63) is 54.4 Å². The molecule has 7 nitrogen and oxygen atoms in total. The Kier molecular flexibility index (Phi) is 4.67. The lowest BCUT2D eigenvalue weighted by molar-refractivity contribution is -0.0810. The summed E-state index contributed by atoms with van der Waals surface area (Å²) in [6, 6.07) is 5.55. The van der Waals surface area contributed by atoms with Crippen LogP contribution in [0.5, 0.6) is 0 Å². The van der Waals surface area contributed by atoms with E-state index in [1.54, 1.807) is 24.7 Å². The van der Waals surface area contributed by atoms with Crippen LogP contribution in [-0.4, -0.2) is 57.2 Å². The highest BCUT2D eigenvalue weighted by Gasteiger charge is 2.47. The zero-order chi connectivity index (χ0) is 17.1. The molecule has 0 bridgehead atoms. The number of aromatic nitrogens is 3. The predicted octanol–water partition coefficient (Wildman–Crippen LogP) is 1.46. The minimum atomic E-state index is -0.142. The van der Waals surface area contributed by atoms with E-state index in [0.717, 1.165) is 18.4 Å². The Balaban J connectivity index is 1.48. The summed E-state index contributed by atoms with van der Waals surface area (Å²) in [6.45, 7) is 1.68. The first-order chi connectivity index (χ1) is 12.3. The predicted molar refractivity (Wildman–Crippen MR) is 88.6 cm³/mol. The third kappa shape index (κ3) is 3.38. The topological polar surface area (TPSA) is 77.4 Å². The summed E-state index contributed by atoms with van der Waals surface area (Å²) < 4.78 is 12.0. The van der Waals surface area contributed by atoms with Crippen LogP contribution in [0.15, 0.2) is 43.1 Å². The largest absolute Gasteiger partial charge is 0.373 e. The van der Waals surface area contributed by atoms with Crippen LogP contribution in [0, 0.1) is 0 Å². The SMILES string of the molecule is O=C(c1ccncn1)N1C[C@@H](OCc2cccnc2)[C@H]2OCCC[C@H]21. The molecule has 0 unspecified atom stereocenters. The van der Waals surface area contributed by atoms with Gasteiger partial charge in [-0.05, 0) is 30.5 Å². The molecule has 2 aromatic rings. The fourth-order valence-corrected chi connectivity index (χ4v) is 3.54. The number of carbonyl (C=O) groups is 1. The van der Waals surface area contributed by atoms with Gasteiger partial charge in [0.1, 0.15) is 24.2 Å². The normalized spacial score (nSPS) is 25.6. The number of rotatable bonds is 4. The van der Waals surface area contributed by atoms with Crippen molar-refractivity contribution in [2.45, 2.75) is 37.7 Å². The molecule has 0 radical (unpaired) electrons. The maximum Gasteiger partial charge on any atom is 0.273 e. The second kappa shape index (κ2) is 7.25. The maximum atomic E-state index is 12.8. The van der Waals surface area contributed by atoms with Crippen molar-refractivity contribution in [2.75, 3.05) is 13.2 Å². The Morgan fingerprint density at radius 3 is 3.08 bits per heavy atom. The molecule has 25 heavy (non-hydrogen) atoms. The molecule has 0 spiro atoms. The molecular formula is C18H20N4O3. The van der Waals surface area contributed by atoms with Crippen LogP contribution >= 0.6 is 0 Å². The van der Waals surface area contributed by atoms with Gasteiger partial charge in [0.15, 0.2) is 0 Å². The van der Waals surface area contributed by atoms with Gasteiger partial charge < -0.3 is 14.4 Å². The molecule has 1 amide bonds. The summed E-state index contributed by atoms with van der Waals surface area (Å²) in [5.41, 5.74) is 1.42. The zero-order valence-electron chi connectivity index (χ0n) is 13.8. The van der Waals surface area contributed by atoms with Crippen molar-refractivity contribution >= 4 is 5.91 Å². The molecule has 4 heterocycles. The van der Waals surface area contributed by atoms with Crippen molar-refractivity contribution in [3.8, 4) is 0 Å². The van der Waals surface area contributed by atoms with Crippen molar-refractivity contribution in [1.82, 2.24) is 19.9 Å². The highest BCUT2D eigenvalue weighted by Crippen LogP contribution is 2.32. The Labute approximate surface area is 146 Å². The molecule has 7 heteroatoms. The van der Waals surface area contributed by atoms with Gasteiger partial charge in [0.05, 0.1) is 19.2 Å². The molecule has 2 aliphatic heterocycles. The Morgan fingerprint density at radius 1 is 1.32 bits per heavy atom. The average Bonchev–Trinajstić information content (AvgIpc) is 3.06. The number of likely N-dealkylation sites (tertiary alicyclic amines) is 1. The number of hydrogen-bond acceptors (Lipinski definition) is 6. The first-order valence-electron chi connectivity index (χ1n) is 8.52. The highest BCUT2D eigenvalue weighted by atomic mass is 16.5. The van der Waals surface area contributed by atoms with Gasteiger partial charge in [0.25, 0.3) is 5.91 Å². The van der Waals surface area contributed by atoms with Crippen LogP contribution in [0.1, 0.15) is 28.9 Å². The number of fused-ring (bicyclic) bond motifs is 1. The number of pyridine rings is 1. The van der Waals surface area contributed by atoms with E-state index < -0.39 is 0 Å². The number of nitrogens with zero attached hydrogens (tertiary/aromatic N) is 4. The summed E-state index contributed by atoms with van der Waals surface area (Å²) in [4.78, 5) is 26.8. The number of hydrogen-bond donors (Lipinski definition) is 0. The molecule has 0 aliphatic carbocycles. The molecule has 4 rings (SSSR count). The maximum absolute atomic E-state index is 12.8. The van der Waals surface area contributed by atoms with Gasteiger partial charge in [-0.1, -0.05) is 6.07 Å². The van der Waals surface area contributed by atoms with Gasteiger partial charge in [0, 0.05) is 25.2 Å². The summed E-state index contributed by atoms with van der Waals surface area (Å²) >= 11 is 0. The lowest BCUT2D eigenvalue weighted by Crippen LogP contribution is -2.44. The fourth-order valence-electron chi connectivity index (χ4n) is 3.54. The molecule has 2 fully saturated rings. The van der Waals surface area contributed by atoms with Crippen LogP contribution in [0.25, 0.3) is 0 Å². The molecule has 0 aromatic carbocycles. The average molecular weight is 340 g/mol. The van der Waals surface area contributed by atoms with Gasteiger partial charge in [-0.25, -0.2) is 9.97 Å². The van der Waals surface area contributed by atoms with Gasteiger partial charge in [0.2, 0.25) is 0 Å². The van der Waals surface area contributed by atoms with Crippen LogP contribution in [-0.2, 0) is 16.1 Å². The Hall–Kier alpha value is -2.38. The molecule has 2 aromatic heterocycles.